The van der Waals surface area contributed by atoms with Crippen LogP contribution in [-0.4, -0.2) is 25.5 Å². The van der Waals surface area contributed by atoms with E-state index in [1.54, 1.807) is 28.3 Å². The van der Waals surface area contributed by atoms with Crippen LogP contribution in [0.1, 0.15) is 15.4 Å². The molecule has 0 spiro atoms. The zero-order chi connectivity index (χ0) is 16.4. The minimum atomic E-state index is -0.394. The van der Waals surface area contributed by atoms with Gasteiger partial charge in [-0.1, -0.05) is 0 Å². The van der Waals surface area contributed by atoms with Gasteiger partial charge in [0.15, 0.2) is 0 Å². The molecule has 0 aliphatic carbocycles. The average Bonchev–Trinajstić information content (AvgIpc) is 3.12. The molecule has 9 heteroatoms. The molecule has 3 heterocycles. The highest BCUT2D eigenvalue weighted by molar-refractivity contribution is 9.10. The van der Waals surface area contributed by atoms with E-state index in [0.717, 1.165) is 14.0 Å². The van der Waals surface area contributed by atoms with Crippen molar-refractivity contribution in [2.45, 2.75) is 6.54 Å². The quantitative estimate of drug-likeness (QED) is 0.735. The first-order valence-electron chi connectivity index (χ1n) is 6.63. The molecule has 0 atom stereocenters. The smallest absolute Gasteiger partial charge is 0.277 e. The zero-order valence-electron chi connectivity index (χ0n) is 12.1. The van der Waals surface area contributed by atoms with Crippen LogP contribution >= 0.6 is 27.3 Å². The normalized spacial score (nSPS) is 10.7. The Hall–Kier alpha value is -2.26. The largest absolute Gasteiger partial charge is 0.305 e. The van der Waals surface area contributed by atoms with E-state index in [2.05, 4.69) is 31.4 Å². The van der Waals surface area contributed by atoms with Crippen LogP contribution in [0, 0.1) is 0 Å². The molecular formula is C14H12BrN5O2S. The summed E-state index contributed by atoms with van der Waals surface area (Å²) in [5.74, 6) is 0.171. The number of aryl methyl sites for hydroxylation is 1. The molecule has 3 aromatic heterocycles. The Balaban J connectivity index is 1.78. The number of hydrogen-bond donors (Lipinski definition) is 1. The number of carbonyl (C=O) groups is 1. The number of amides is 1. The molecule has 0 radical (unpaired) electrons. The SMILES string of the molecule is Cn1nc(C(=O)Nc2ccnn2Cc2cc(Br)cs2)ccc1=O. The van der Waals surface area contributed by atoms with Crippen LogP contribution in [0.15, 0.2) is 45.1 Å². The third kappa shape index (κ3) is 3.57. The van der Waals surface area contributed by atoms with E-state index in [1.165, 1.54) is 19.2 Å². The fourth-order valence-corrected chi connectivity index (χ4v) is 3.38. The Morgan fingerprint density at radius 3 is 2.91 bits per heavy atom. The lowest BCUT2D eigenvalue weighted by Crippen LogP contribution is -2.24. The summed E-state index contributed by atoms with van der Waals surface area (Å²) in [5, 5.41) is 12.9. The number of thiophene rings is 1. The average molecular weight is 394 g/mol. The first-order valence-corrected chi connectivity index (χ1v) is 8.30. The van der Waals surface area contributed by atoms with Crippen LogP contribution < -0.4 is 10.9 Å². The predicted molar refractivity (Wildman–Crippen MR) is 90.8 cm³/mol. The molecule has 0 unspecified atom stereocenters. The lowest BCUT2D eigenvalue weighted by atomic mass is 10.3. The molecule has 1 amide bonds. The van der Waals surface area contributed by atoms with Gasteiger partial charge in [0, 0.05) is 33.9 Å². The molecule has 1 N–H and O–H groups in total. The zero-order valence-corrected chi connectivity index (χ0v) is 14.5. The standard InChI is InChI=1S/C14H12BrN5O2S/c1-19-13(21)3-2-11(18-19)14(22)17-12-4-5-16-20(12)7-10-6-9(15)8-23-10/h2-6,8H,7H2,1H3,(H,17,22). The van der Waals surface area contributed by atoms with Crippen molar-refractivity contribution >= 4 is 39.0 Å². The lowest BCUT2D eigenvalue weighted by molar-refractivity contribution is 0.101. The Morgan fingerprint density at radius 2 is 2.22 bits per heavy atom. The second-order valence-electron chi connectivity index (χ2n) is 4.74. The molecular weight excluding hydrogens is 382 g/mol. The van der Waals surface area contributed by atoms with E-state index in [9.17, 15) is 9.59 Å². The van der Waals surface area contributed by atoms with Gasteiger partial charge in [0.05, 0.1) is 12.7 Å². The van der Waals surface area contributed by atoms with Crippen LogP contribution in [0.2, 0.25) is 0 Å². The van der Waals surface area contributed by atoms with Crippen LogP contribution in [0.5, 0.6) is 0 Å². The van der Waals surface area contributed by atoms with Crippen molar-refractivity contribution in [2.75, 3.05) is 5.32 Å². The van der Waals surface area contributed by atoms with Crippen molar-refractivity contribution in [1.29, 1.82) is 0 Å². The van der Waals surface area contributed by atoms with Crippen LogP contribution in [0.3, 0.4) is 0 Å². The van der Waals surface area contributed by atoms with Gasteiger partial charge in [-0.15, -0.1) is 11.3 Å². The van der Waals surface area contributed by atoms with Crippen molar-refractivity contribution in [3.05, 3.63) is 61.2 Å². The second kappa shape index (κ2) is 6.47. The molecule has 7 nitrogen and oxygen atoms in total. The Morgan fingerprint density at radius 1 is 1.39 bits per heavy atom. The Labute approximate surface area is 143 Å². The maximum atomic E-state index is 12.2. The topological polar surface area (TPSA) is 81.8 Å². The van der Waals surface area contributed by atoms with Gasteiger partial charge in [-0.3, -0.25) is 9.59 Å². The van der Waals surface area contributed by atoms with Crippen LogP contribution in [0.4, 0.5) is 5.82 Å². The summed E-state index contributed by atoms with van der Waals surface area (Å²) in [4.78, 5) is 24.7. The number of carbonyl (C=O) groups excluding carboxylic acids is 1. The van der Waals surface area contributed by atoms with Gasteiger partial charge in [-0.25, -0.2) is 9.36 Å². The van der Waals surface area contributed by atoms with Gasteiger partial charge in [0.2, 0.25) is 0 Å². The van der Waals surface area contributed by atoms with Gasteiger partial charge in [0.1, 0.15) is 11.5 Å². The van der Waals surface area contributed by atoms with Crippen molar-refractivity contribution in [2.24, 2.45) is 7.05 Å². The highest BCUT2D eigenvalue weighted by Crippen LogP contribution is 2.21. The van der Waals surface area contributed by atoms with Gasteiger partial charge < -0.3 is 5.32 Å². The summed E-state index contributed by atoms with van der Waals surface area (Å²) in [6.45, 7) is 0.555. The number of rotatable bonds is 4. The molecule has 3 rings (SSSR count). The summed E-state index contributed by atoms with van der Waals surface area (Å²) >= 11 is 5.02. The number of anilines is 1. The summed E-state index contributed by atoms with van der Waals surface area (Å²) in [6.07, 6.45) is 1.62. The maximum Gasteiger partial charge on any atom is 0.277 e. The van der Waals surface area contributed by atoms with Crippen molar-refractivity contribution in [1.82, 2.24) is 19.6 Å². The van der Waals surface area contributed by atoms with Crippen molar-refractivity contribution in [3.8, 4) is 0 Å². The van der Waals surface area contributed by atoms with E-state index in [0.29, 0.717) is 12.4 Å². The molecule has 0 saturated heterocycles. The molecule has 0 aliphatic heterocycles. The van der Waals surface area contributed by atoms with Crippen LogP contribution in [-0.2, 0) is 13.6 Å². The molecule has 0 saturated carbocycles. The highest BCUT2D eigenvalue weighted by atomic mass is 79.9. The third-order valence-electron chi connectivity index (χ3n) is 3.08. The molecule has 0 aromatic carbocycles. The summed E-state index contributed by atoms with van der Waals surface area (Å²) in [5.41, 5.74) is -0.103. The van der Waals surface area contributed by atoms with E-state index in [-0.39, 0.29) is 11.3 Å². The highest BCUT2D eigenvalue weighted by Gasteiger charge is 2.12. The molecule has 0 bridgehead atoms. The summed E-state index contributed by atoms with van der Waals surface area (Å²) in [6, 6.07) is 6.42. The maximum absolute atomic E-state index is 12.2. The first kappa shape index (κ1) is 15.6. The second-order valence-corrected chi connectivity index (χ2v) is 6.65. The monoisotopic (exact) mass is 393 g/mol. The van der Waals surface area contributed by atoms with Gasteiger partial charge in [-0.2, -0.15) is 10.2 Å². The fraction of sp³-hybridized carbons (Fsp3) is 0.143. The predicted octanol–water partition coefficient (Wildman–Crippen LogP) is 2.10. The van der Waals surface area contributed by atoms with E-state index in [1.807, 2.05) is 11.4 Å². The molecule has 0 aliphatic rings. The Bertz CT molecular complexity index is 914. The van der Waals surface area contributed by atoms with Crippen molar-refractivity contribution in [3.63, 3.8) is 0 Å². The molecule has 3 aromatic rings. The number of nitrogens with one attached hydrogen (secondary N) is 1. The van der Waals surface area contributed by atoms with Gasteiger partial charge in [0.25, 0.3) is 11.5 Å². The molecule has 118 valence electrons. The van der Waals surface area contributed by atoms with Crippen molar-refractivity contribution < 1.29 is 4.79 Å². The molecule has 23 heavy (non-hydrogen) atoms. The summed E-state index contributed by atoms with van der Waals surface area (Å²) < 4.78 is 3.83. The minimum Gasteiger partial charge on any atom is -0.305 e. The third-order valence-corrected chi connectivity index (χ3v) is 4.76. The number of nitrogens with zero attached hydrogens (tertiary/aromatic N) is 4. The van der Waals surface area contributed by atoms with Crippen LogP contribution in [0.25, 0.3) is 0 Å². The number of halogens is 1. The summed E-state index contributed by atoms with van der Waals surface area (Å²) in [7, 11) is 1.50. The first-order chi connectivity index (χ1) is 11.0. The number of hydrogen-bond acceptors (Lipinski definition) is 5. The van der Waals surface area contributed by atoms with E-state index < -0.39 is 5.91 Å². The van der Waals surface area contributed by atoms with E-state index in [4.69, 9.17) is 0 Å². The van der Waals surface area contributed by atoms with Gasteiger partial charge in [-0.05, 0) is 28.1 Å². The Kier molecular flexibility index (Phi) is 4.39. The van der Waals surface area contributed by atoms with E-state index >= 15 is 0 Å². The van der Waals surface area contributed by atoms with Gasteiger partial charge >= 0.3 is 0 Å². The number of aromatic nitrogens is 4. The minimum absolute atomic E-state index is 0.165. The molecule has 0 fully saturated rings. The lowest BCUT2D eigenvalue weighted by Gasteiger charge is -2.08. The fourth-order valence-electron chi connectivity index (χ4n) is 1.95.